The summed E-state index contributed by atoms with van der Waals surface area (Å²) in [7, 11) is 1.27. The maximum atomic E-state index is 13.6. The summed E-state index contributed by atoms with van der Waals surface area (Å²) in [5.41, 5.74) is 6.46. The molecule has 0 bridgehead atoms. The van der Waals surface area contributed by atoms with Crippen LogP contribution in [0.5, 0.6) is 5.75 Å². The van der Waals surface area contributed by atoms with Crippen molar-refractivity contribution in [1.29, 1.82) is 0 Å². The number of aromatic nitrogens is 1. The number of nitrogen functional groups attached to an aromatic ring is 1. The van der Waals surface area contributed by atoms with Crippen LogP contribution in [0.15, 0.2) is 34.9 Å². The Bertz CT molecular complexity index is 724. The fraction of sp³-hybridized carbons (Fsp3) is 0.250. The quantitative estimate of drug-likeness (QED) is 0.794. The van der Waals surface area contributed by atoms with E-state index in [1.807, 2.05) is 6.92 Å². The van der Waals surface area contributed by atoms with Crippen LogP contribution in [0.4, 0.5) is 10.2 Å². The number of benzene rings is 1. The standard InChI is InChI=1S/C16H16BrFN2O3/c1-3-13(23-14-6-9(17)8-20-15(14)19)12-7-10(18)4-5-11(12)16(21)22-2/h4-8,13H,3H2,1-2H3,(H2,19,20)/t13-/m1/s1. The first-order valence-electron chi connectivity index (χ1n) is 6.91. The predicted octanol–water partition coefficient (Wildman–Crippen LogP) is 3.88. The first-order valence-corrected chi connectivity index (χ1v) is 7.71. The predicted molar refractivity (Wildman–Crippen MR) is 87.7 cm³/mol. The number of methoxy groups -OCH3 is 1. The lowest BCUT2D eigenvalue weighted by molar-refractivity contribution is 0.0594. The van der Waals surface area contributed by atoms with Crippen molar-refractivity contribution >= 4 is 27.7 Å². The van der Waals surface area contributed by atoms with E-state index < -0.39 is 17.9 Å². The molecule has 2 aromatic rings. The van der Waals surface area contributed by atoms with Crippen LogP contribution in [-0.2, 0) is 4.74 Å². The topological polar surface area (TPSA) is 74.4 Å². The van der Waals surface area contributed by atoms with Crippen molar-refractivity contribution in [2.24, 2.45) is 0 Å². The Morgan fingerprint density at radius 1 is 1.43 bits per heavy atom. The van der Waals surface area contributed by atoms with Gasteiger partial charge in [0.1, 0.15) is 11.9 Å². The molecule has 0 unspecified atom stereocenters. The number of esters is 1. The van der Waals surface area contributed by atoms with Crippen LogP contribution in [0, 0.1) is 5.82 Å². The molecular weight excluding hydrogens is 367 g/mol. The summed E-state index contributed by atoms with van der Waals surface area (Å²) < 4.78 is 24.9. The Hall–Kier alpha value is -2.15. The molecule has 0 aliphatic carbocycles. The number of anilines is 1. The van der Waals surface area contributed by atoms with Crippen LogP contribution >= 0.6 is 15.9 Å². The largest absolute Gasteiger partial charge is 0.482 e. The SMILES string of the molecule is CC[C@@H](Oc1cc(Br)cnc1N)c1cc(F)ccc1C(=O)OC. The summed E-state index contributed by atoms with van der Waals surface area (Å²) in [6, 6.07) is 5.52. The highest BCUT2D eigenvalue weighted by atomic mass is 79.9. The van der Waals surface area contributed by atoms with Crippen molar-refractivity contribution in [2.45, 2.75) is 19.4 Å². The third-order valence-corrected chi connectivity index (χ3v) is 3.69. The van der Waals surface area contributed by atoms with Gasteiger partial charge < -0.3 is 15.2 Å². The van der Waals surface area contributed by atoms with E-state index in [9.17, 15) is 9.18 Å². The summed E-state index contributed by atoms with van der Waals surface area (Å²) in [5, 5.41) is 0. The van der Waals surface area contributed by atoms with Crippen molar-refractivity contribution in [1.82, 2.24) is 4.98 Å². The third-order valence-electron chi connectivity index (χ3n) is 3.25. The summed E-state index contributed by atoms with van der Waals surface area (Å²) in [5.74, 6) is -0.452. The van der Waals surface area contributed by atoms with Gasteiger partial charge in [-0.1, -0.05) is 6.92 Å². The van der Waals surface area contributed by atoms with Gasteiger partial charge in [0.25, 0.3) is 0 Å². The number of nitrogens with zero attached hydrogens (tertiary/aromatic N) is 1. The van der Waals surface area contributed by atoms with Gasteiger partial charge in [0.2, 0.25) is 0 Å². The van der Waals surface area contributed by atoms with E-state index in [0.29, 0.717) is 22.2 Å². The molecule has 0 saturated heterocycles. The minimum atomic E-state index is -0.571. The molecule has 7 heteroatoms. The summed E-state index contributed by atoms with van der Waals surface area (Å²) in [6.45, 7) is 1.86. The van der Waals surface area contributed by atoms with Crippen molar-refractivity contribution in [3.63, 3.8) is 0 Å². The average molecular weight is 383 g/mol. The first-order chi connectivity index (χ1) is 11.0. The fourth-order valence-corrected chi connectivity index (χ4v) is 2.45. The minimum absolute atomic E-state index is 0.211. The number of carbonyl (C=O) groups is 1. The van der Waals surface area contributed by atoms with Gasteiger partial charge in [0.05, 0.1) is 12.7 Å². The van der Waals surface area contributed by atoms with Crippen LogP contribution in [0.2, 0.25) is 0 Å². The molecule has 1 aromatic heterocycles. The van der Waals surface area contributed by atoms with E-state index in [1.165, 1.54) is 25.3 Å². The summed E-state index contributed by atoms with van der Waals surface area (Å²) in [6.07, 6.45) is 1.48. The molecule has 0 aliphatic rings. The van der Waals surface area contributed by atoms with Gasteiger partial charge in [-0.2, -0.15) is 0 Å². The zero-order chi connectivity index (χ0) is 17.0. The van der Waals surface area contributed by atoms with E-state index in [4.69, 9.17) is 15.2 Å². The average Bonchev–Trinajstić information content (AvgIpc) is 2.54. The minimum Gasteiger partial charge on any atom is -0.482 e. The highest BCUT2D eigenvalue weighted by Gasteiger charge is 2.22. The second kappa shape index (κ2) is 7.41. The van der Waals surface area contributed by atoms with Crippen LogP contribution in [0.25, 0.3) is 0 Å². The van der Waals surface area contributed by atoms with Gasteiger partial charge in [0, 0.05) is 16.2 Å². The van der Waals surface area contributed by atoms with Gasteiger partial charge in [-0.25, -0.2) is 14.2 Å². The second-order valence-electron chi connectivity index (χ2n) is 4.77. The molecule has 2 N–H and O–H groups in total. The Morgan fingerprint density at radius 3 is 2.83 bits per heavy atom. The Kier molecular flexibility index (Phi) is 5.54. The molecule has 0 saturated carbocycles. The number of hydrogen-bond donors (Lipinski definition) is 1. The van der Waals surface area contributed by atoms with Gasteiger partial charge in [-0.05, 0) is 46.6 Å². The van der Waals surface area contributed by atoms with Gasteiger partial charge in [0.15, 0.2) is 11.6 Å². The number of nitrogens with two attached hydrogens (primary N) is 1. The van der Waals surface area contributed by atoms with Crippen molar-refractivity contribution < 1.29 is 18.7 Å². The second-order valence-corrected chi connectivity index (χ2v) is 5.69. The molecule has 0 radical (unpaired) electrons. The lowest BCUT2D eigenvalue weighted by atomic mass is 10.00. The molecule has 0 amide bonds. The number of hydrogen-bond acceptors (Lipinski definition) is 5. The molecule has 122 valence electrons. The normalized spacial score (nSPS) is 11.8. The van der Waals surface area contributed by atoms with E-state index in [0.717, 1.165) is 0 Å². The first kappa shape index (κ1) is 17.2. The highest BCUT2D eigenvalue weighted by Crippen LogP contribution is 2.32. The van der Waals surface area contributed by atoms with E-state index in [1.54, 1.807) is 12.3 Å². The summed E-state index contributed by atoms with van der Waals surface area (Å²) in [4.78, 5) is 15.9. The molecule has 0 aliphatic heterocycles. The fourth-order valence-electron chi connectivity index (χ4n) is 2.14. The monoisotopic (exact) mass is 382 g/mol. The molecule has 5 nitrogen and oxygen atoms in total. The smallest absolute Gasteiger partial charge is 0.338 e. The van der Waals surface area contributed by atoms with Crippen molar-refractivity contribution in [2.75, 3.05) is 12.8 Å². The Morgan fingerprint density at radius 2 is 2.17 bits per heavy atom. The van der Waals surface area contributed by atoms with E-state index >= 15 is 0 Å². The van der Waals surface area contributed by atoms with Gasteiger partial charge in [-0.15, -0.1) is 0 Å². The Labute approximate surface area is 141 Å². The molecule has 0 fully saturated rings. The molecular formula is C16H16BrFN2O3. The number of ether oxygens (including phenoxy) is 2. The lowest BCUT2D eigenvalue weighted by Gasteiger charge is -2.21. The van der Waals surface area contributed by atoms with E-state index in [2.05, 4.69) is 20.9 Å². The maximum absolute atomic E-state index is 13.6. The number of pyridine rings is 1. The molecule has 1 atom stereocenters. The molecule has 1 heterocycles. The van der Waals surface area contributed by atoms with Crippen LogP contribution < -0.4 is 10.5 Å². The van der Waals surface area contributed by atoms with E-state index in [-0.39, 0.29) is 11.4 Å². The maximum Gasteiger partial charge on any atom is 0.338 e. The summed E-state index contributed by atoms with van der Waals surface area (Å²) >= 11 is 3.29. The van der Waals surface area contributed by atoms with Crippen LogP contribution in [-0.4, -0.2) is 18.1 Å². The third kappa shape index (κ3) is 3.98. The molecule has 2 rings (SSSR count). The number of halogens is 2. The van der Waals surface area contributed by atoms with Crippen molar-refractivity contribution in [3.8, 4) is 5.75 Å². The Balaban J connectivity index is 2.43. The van der Waals surface area contributed by atoms with Crippen LogP contribution in [0.3, 0.4) is 0 Å². The highest BCUT2D eigenvalue weighted by molar-refractivity contribution is 9.10. The lowest BCUT2D eigenvalue weighted by Crippen LogP contribution is -2.14. The van der Waals surface area contributed by atoms with Gasteiger partial charge in [-0.3, -0.25) is 0 Å². The number of carbonyl (C=O) groups excluding carboxylic acids is 1. The van der Waals surface area contributed by atoms with Crippen molar-refractivity contribution in [3.05, 3.63) is 51.9 Å². The number of rotatable bonds is 5. The van der Waals surface area contributed by atoms with Crippen LogP contribution in [0.1, 0.15) is 35.4 Å². The zero-order valence-corrected chi connectivity index (χ0v) is 14.3. The van der Waals surface area contributed by atoms with Gasteiger partial charge >= 0.3 is 5.97 Å². The molecule has 0 spiro atoms. The zero-order valence-electron chi connectivity index (χ0n) is 12.7. The molecule has 23 heavy (non-hydrogen) atoms. The molecule has 1 aromatic carbocycles.